The van der Waals surface area contributed by atoms with Gasteiger partial charge < -0.3 is 5.32 Å². The molecule has 8 heteroatoms. The lowest BCUT2D eigenvalue weighted by atomic mass is 10.1. The van der Waals surface area contributed by atoms with E-state index in [4.69, 9.17) is 5.26 Å². The van der Waals surface area contributed by atoms with Gasteiger partial charge in [0.25, 0.3) is 5.91 Å². The van der Waals surface area contributed by atoms with Gasteiger partial charge in [0, 0.05) is 36.7 Å². The van der Waals surface area contributed by atoms with Crippen LogP contribution >= 0.6 is 11.8 Å². The zero-order valence-corrected chi connectivity index (χ0v) is 17.6. The summed E-state index contributed by atoms with van der Waals surface area (Å²) in [6.07, 6.45) is 1.78. The lowest BCUT2D eigenvalue weighted by Gasteiger charge is -2.15. The molecule has 1 fully saturated rings. The Kier molecular flexibility index (Phi) is 7.31. The first kappa shape index (κ1) is 21.4. The van der Waals surface area contributed by atoms with Crippen molar-refractivity contribution in [2.75, 3.05) is 25.4 Å². The van der Waals surface area contributed by atoms with Crippen LogP contribution < -0.4 is 5.32 Å². The molecule has 1 N–H and O–H groups in total. The second kappa shape index (κ2) is 9.92. The van der Waals surface area contributed by atoms with Gasteiger partial charge in [-0.25, -0.2) is 8.42 Å². The Labute approximate surface area is 176 Å². The van der Waals surface area contributed by atoms with Crippen LogP contribution in [0.15, 0.2) is 53.4 Å². The molecule has 0 unspecified atom stereocenters. The van der Waals surface area contributed by atoms with Crippen LogP contribution in [0.3, 0.4) is 0 Å². The monoisotopic (exact) mass is 429 g/mol. The Hall–Kier alpha value is -2.34. The average molecular weight is 430 g/mol. The predicted octanol–water partition coefficient (Wildman–Crippen LogP) is 3.01. The molecule has 2 aromatic rings. The molecule has 0 radical (unpaired) electrons. The maximum Gasteiger partial charge on any atom is 0.251 e. The molecule has 2 aromatic carbocycles. The highest BCUT2D eigenvalue weighted by atomic mass is 32.2. The predicted molar refractivity (Wildman–Crippen MR) is 114 cm³/mol. The van der Waals surface area contributed by atoms with E-state index in [1.165, 1.54) is 16.4 Å². The summed E-state index contributed by atoms with van der Waals surface area (Å²) in [7, 11) is -3.46. The molecule has 0 spiro atoms. The molecule has 1 heterocycles. The first-order valence-corrected chi connectivity index (χ1v) is 12.1. The summed E-state index contributed by atoms with van der Waals surface area (Å²) < 4.78 is 26.5. The standard InChI is InChI=1S/C21H23N3O3S2/c22-15-18-5-1-2-6-19(18)16-28-14-11-23-21(25)17-7-9-20(10-8-17)29(26,27)24-12-3-4-13-24/h1-2,5-10H,3-4,11-14,16H2,(H,23,25). The smallest absolute Gasteiger partial charge is 0.251 e. The minimum absolute atomic E-state index is 0.225. The molecular weight excluding hydrogens is 406 g/mol. The number of carbonyl (C=O) groups excluding carboxylic acids is 1. The Morgan fingerprint density at radius 3 is 2.48 bits per heavy atom. The van der Waals surface area contributed by atoms with Crippen molar-refractivity contribution in [2.45, 2.75) is 23.5 Å². The number of hydrogen-bond donors (Lipinski definition) is 1. The fraction of sp³-hybridized carbons (Fsp3) is 0.333. The van der Waals surface area contributed by atoms with Crippen LogP contribution in [0.4, 0.5) is 0 Å². The molecule has 1 saturated heterocycles. The van der Waals surface area contributed by atoms with Crippen LogP contribution in [-0.2, 0) is 15.8 Å². The molecule has 0 bridgehead atoms. The van der Waals surface area contributed by atoms with Gasteiger partial charge in [0.05, 0.1) is 16.5 Å². The summed E-state index contributed by atoms with van der Waals surface area (Å²) in [5.74, 6) is 1.20. The van der Waals surface area contributed by atoms with E-state index in [-0.39, 0.29) is 10.8 Å². The number of amides is 1. The number of thioether (sulfide) groups is 1. The van der Waals surface area contributed by atoms with Gasteiger partial charge in [0.2, 0.25) is 10.0 Å². The van der Waals surface area contributed by atoms with Gasteiger partial charge in [-0.1, -0.05) is 18.2 Å². The first-order valence-electron chi connectivity index (χ1n) is 9.46. The molecule has 0 aromatic heterocycles. The fourth-order valence-electron chi connectivity index (χ4n) is 3.13. The highest BCUT2D eigenvalue weighted by Gasteiger charge is 2.27. The maximum atomic E-state index is 12.5. The number of benzene rings is 2. The Morgan fingerprint density at radius 1 is 1.10 bits per heavy atom. The van der Waals surface area contributed by atoms with Crippen LogP contribution in [0.2, 0.25) is 0 Å². The number of nitrogens with one attached hydrogen (secondary N) is 1. The van der Waals surface area contributed by atoms with Gasteiger partial charge in [0.1, 0.15) is 0 Å². The van der Waals surface area contributed by atoms with E-state index in [1.807, 2.05) is 18.2 Å². The van der Waals surface area contributed by atoms with E-state index in [2.05, 4.69) is 11.4 Å². The third kappa shape index (κ3) is 5.38. The molecule has 0 saturated carbocycles. The van der Waals surface area contributed by atoms with E-state index in [0.29, 0.717) is 42.3 Å². The van der Waals surface area contributed by atoms with E-state index in [1.54, 1.807) is 30.0 Å². The second-order valence-electron chi connectivity index (χ2n) is 6.71. The van der Waals surface area contributed by atoms with Crippen molar-refractivity contribution in [1.29, 1.82) is 5.26 Å². The van der Waals surface area contributed by atoms with Gasteiger partial charge in [-0.3, -0.25) is 4.79 Å². The SMILES string of the molecule is N#Cc1ccccc1CSCCNC(=O)c1ccc(S(=O)(=O)N2CCCC2)cc1. The highest BCUT2D eigenvalue weighted by Crippen LogP contribution is 2.21. The third-order valence-electron chi connectivity index (χ3n) is 4.75. The number of nitrogens with zero attached hydrogens (tertiary/aromatic N) is 2. The summed E-state index contributed by atoms with van der Waals surface area (Å²) in [5, 5.41) is 11.9. The van der Waals surface area contributed by atoms with Crippen LogP contribution in [0, 0.1) is 11.3 Å². The van der Waals surface area contributed by atoms with Crippen molar-refractivity contribution in [3.63, 3.8) is 0 Å². The summed E-state index contributed by atoms with van der Waals surface area (Å²) in [6, 6.07) is 15.8. The van der Waals surface area contributed by atoms with Gasteiger partial charge in [0.15, 0.2) is 0 Å². The van der Waals surface area contributed by atoms with Crippen molar-refractivity contribution in [3.8, 4) is 6.07 Å². The second-order valence-corrected chi connectivity index (χ2v) is 9.76. The molecule has 1 aliphatic rings. The quantitative estimate of drug-likeness (QED) is 0.652. The van der Waals surface area contributed by atoms with Crippen LogP contribution in [0.25, 0.3) is 0 Å². The minimum Gasteiger partial charge on any atom is -0.351 e. The largest absolute Gasteiger partial charge is 0.351 e. The third-order valence-corrected chi connectivity index (χ3v) is 7.67. The number of hydrogen-bond acceptors (Lipinski definition) is 5. The van der Waals surface area contributed by atoms with Crippen LogP contribution in [0.5, 0.6) is 0 Å². The summed E-state index contributed by atoms with van der Waals surface area (Å²) in [5.41, 5.74) is 2.10. The maximum absolute atomic E-state index is 12.5. The average Bonchev–Trinajstić information content (AvgIpc) is 3.29. The molecular formula is C21H23N3O3S2. The zero-order chi connectivity index (χ0) is 20.7. The van der Waals surface area contributed by atoms with Crippen LogP contribution in [-0.4, -0.2) is 44.0 Å². The van der Waals surface area contributed by atoms with Crippen molar-refractivity contribution < 1.29 is 13.2 Å². The normalized spacial score (nSPS) is 14.4. The fourth-order valence-corrected chi connectivity index (χ4v) is 5.51. The molecule has 152 valence electrons. The van der Waals surface area contributed by atoms with Gasteiger partial charge in [-0.2, -0.15) is 21.3 Å². The number of sulfonamides is 1. The van der Waals surface area contributed by atoms with Gasteiger partial charge in [-0.15, -0.1) is 0 Å². The lowest BCUT2D eigenvalue weighted by molar-refractivity contribution is 0.0956. The van der Waals surface area contributed by atoms with Crippen molar-refractivity contribution in [1.82, 2.24) is 9.62 Å². The van der Waals surface area contributed by atoms with E-state index < -0.39 is 10.0 Å². The summed E-state index contributed by atoms with van der Waals surface area (Å²) >= 11 is 1.64. The first-order chi connectivity index (χ1) is 14.0. The highest BCUT2D eigenvalue weighted by molar-refractivity contribution is 7.98. The summed E-state index contributed by atoms with van der Waals surface area (Å²) in [4.78, 5) is 12.5. The van der Waals surface area contributed by atoms with Crippen molar-refractivity contribution in [3.05, 3.63) is 65.2 Å². The Bertz CT molecular complexity index is 993. The van der Waals surface area contributed by atoms with Crippen molar-refractivity contribution in [2.24, 2.45) is 0 Å². The zero-order valence-electron chi connectivity index (χ0n) is 16.0. The van der Waals surface area contributed by atoms with E-state index in [9.17, 15) is 13.2 Å². The minimum atomic E-state index is -3.46. The molecule has 1 aliphatic heterocycles. The molecule has 1 amide bonds. The summed E-state index contributed by atoms with van der Waals surface area (Å²) in [6.45, 7) is 1.61. The van der Waals surface area contributed by atoms with Gasteiger partial charge in [-0.05, 0) is 48.7 Å². The molecule has 3 rings (SSSR count). The Morgan fingerprint density at radius 2 is 1.79 bits per heavy atom. The van der Waals surface area contributed by atoms with Crippen molar-refractivity contribution >= 4 is 27.7 Å². The molecule has 0 atom stereocenters. The van der Waals surface area contributed by atoms with E-state index in [0.717, 1.165) is 18.4 Å². The molecule has 6 nitrogen and oxygen atoms in total. The van der Waals surface area contributed by atoms with E-state index >= 15 is 0 Å². The Balaban J connectivity index is 1.47. The number of carbonyl (C=O) groups is 1. The number of nitriles is 1. The number of rotatable bonds is 8. The topological polar surface area (TPSA) is 90.3 Å². The van der Waals surface area contributed by atoms with Gasteiger partial charge >= 0.3 is 0 Å². The lowest BCUT2D eigenvalue weighted by Crippen LogP contribution is -2.28. The van der Waals surface area contributed by atoms with Crippen LogP contribution in [0.1, 0.15) is 34.3 Å². The molecule has 0 aliphatic carbocycles. The molecule has 29 heavy (non-hydrogen) atoms.